The Hall–Kier alpha value is -0.863. The summed E-state index contributed by atoms with van der Waals surface area (Å²) >= 11 is 3.83. The normalized spacial score (nSPS) is 13.4. The average Bonchev–Trinajstić information content (AvgIpc) is 2.39. The fourth-order valence-electron chi connectivity index (χ4n) is 2.19. The molecule has 17 heavy (non-hydrogen) atoms. The Morgan fingerprint density at radius 3 is 1.47 bits per heavy atom. The zero-order chi connectivity index (χ0) is 12.3. The second kappa shape index (κ2) is 5.19. The molecule has 0 unspecified atom stereocenters. The minimum absolute atomic E-state index is 0.514. The van der Waals surface area contributed by atoms with Crippen molar-refractivity contribution >= 4 is 34.4 Å². The third-order valence-corrected chi connectivity index (χ3v) is 10.9. The van der Waals surface area contributed by atoms with Gasteiger partial charge in [0.05, 0.1) is 0 Å². The van der Waals surface area contributed by atoms with E-state index in [9.17, 15) is 0 Å². The van der Waals surface area contributed by atoms with Crippen molar-refractivity contribution in [2.45, 2.75) is 17.9 Å². The van der Waals surface area contributed by atoms with Crippen LogP contribution in [-0.4, -0.2) is 12.5 Å². The molecule has 1 atom stereocenters. The Bertz CT molecular complexity index is 425. The molecule has 88 valence electrons. The maximum absolute atomic E-state index is 3.83. The first-order valence-corrected chi connectivity index (χ1v) is 9.40. The molecule has 0 radical (unpaired) electrons. The summed E-state index contributed by atoms with van der Waals surface area (Å²) in [4.78, 5) is 0. The van der Waals surface area contributed by atoms with Gasteiger partial charge in [0.15, 0.2) is 0 Å². The van der Waals surface area contributed by atoms with E-state index in [0.717, 1.165) is 0 Å². The number of hydrogen-bond acceptors (Lipinski definition) is 0. The molecule has 0 aliphatic carbocycles. The Kier molecular flexibility index (Phi) is 3.85. The van der Waals surface area contributed by atoms with E-state index in [1.54, 1.807) is 0 Å². The minimum atomic E-state index is -1.66. The Morgan fingerprint density at radius 2 is 1.18 bits per heavy atom. The third kappa shape index (κ3) is 2.38. The number of alkyl halides is 1. The number of halogens is 1. The lowest BCUT2D eigenvalue weighted by atomic mass is 10.4. The van der Waals surface area contributed by atoms with Crippen molar-refractivity contribution in [2.24, 2.45) is 0 Å². The van der Waals surface area contributed by atoms with Crippen LogP contribution in [0.15, 0.2) is 60.7 Å². The monoisotopic (exact) mass is 304 g/mol. The molecule has 2 aromatic rings. The van der Waals surface area contributed by atoms with Gasteiger partial charge in [0, 0.05) is 4.45 Å². The minimum Gasteiger partial charge on any atom is -0.0920 e. The van der Waals surface area contributed by atoms with E-state index in [-0.39, 0.29) is 0 Å². The molecule has 0 heterocycles. The first-order chi connectivity index (χ1) is 8.15. The van der Waals surface area contributed by atoms with Gasteiger partial charge in [-0.05, 0) is 0 Å². The predicted molar refractivity (Wildman–Crippen MR) is 82.2 cm³/mol. The van der Waals surface area contributed by atoms with E-state index < -0.39 is 8.07 Å². The van der Waals surface area contributed by atoms with Gasteiger partial charge < -0.3 is 0 Å². The predicted octanol–water partition coefficient (Wildman–Crippen LogP) is 3.20. The van der Waals surface area contributed by atoms with Gasteiger partial charge in [0.2, 0.25) is 0 Å². The average molecular weight is 305 g/mol. The second-order valence-corrected chi connectivity index (χ2v) is 11.2. The van der Waals surface area contributed by atoms with Crippen LogP contribution in [0.3, 0.4) is 0 Å². The largest absolute Gasteiger partial charge is 0.128 e. The fourth-order valence-corrected chi connectivity index (χ4v) is 6.80. The Balaban J connectivity index is 2.55. The quantitative estimate of drug-likeness (QED) is 0.603. The zero-order valence-corrected chi connectivity index (χ0v) is 12.8. The molecule has 0 amide bonds. The molecule has 0 fully saturated rings. The summed E-state index contributed by atoms with van der Waals surface area (Å²) < 4.78 is 0.514. The van der Waals surface area contributed by atoms with E-state index in [1.165, 1.54) is 10.4 Å². The van der Waals surface area contributed by atoms with Crippen LogP contribution in [0.4, 0.5) is 0 Å². The topological polar surface area (TPSA) is 0 Å². The molecule has 0 aromatic heterocycles. The highest BCUT2D eigenvalue weighted by atomic mass is 79.9. The summed E-state index contributed by atoms with van der Waals surface area (Å²) in [6.07, 6.45) is 0. The highest BCUT2D eigenvalue weighted by molar-refractivity contribution is 9.10. The molecule has 0 nitrogen and oxygen atoms in total. The van der Waals surface area contributed by atoms with Crippen LogP contribution in [-0.2, 0) is 0 Å². The van der Waals surface area contributed by atoms with E-state index >= 15 is 0 Å². The number of rotatable bonds is 3. The van der Waals surface area contributed by atoms with Crippen LogP contribution in [0.1, 0.15) is 6.92 Å². The molecule has 0 aliphatic rings. The van der Waals surface area contributed by atoms with Gasteiger partial charge in [-0.2, -0.15) is 0 Å². The molecule has 2 heteroatoms. The summed E-state index contributed by atoms with van der Waals surface area (Å²) in [5.74, 6) is 0. The highest BCUT2D eigenvalue weighted by Crippen LogP contribution is 2.16. The standard InChI is InChI=1S/C15H17BrSi/c1-13(16)17(2,14-9-5-3-6-10-14)15-11-7-4-8-12-15/h3-13H,1-2H3/t13-/m1/s1. The van der Waals surface area contributed by atoms with E-state index in [4.69, 9.17) is 0 Å². The zero-order valence-electron chi connectivity index (χ0n) is 10.2. The Morgan fingerprint density at radius 1 is 0.824 bits per heavy atom. The second-order valence-electron chi connectivity index (χ2n) is 4.55. The molecule has 0 spiro atoms. The van der Waals surface area contributed by atoms with Crippen molar-refractivity contribution in [2.75, 3.05) is 0 Å². The molecule has 0 aliphatic heterocycles. The van der Waals surface area contributed by atoms with Gasteiger partial charge in [-0.15, -0.1) is 0 Å². The fraction of sp³-hybridized carbons (Fsp3) is 0.200. The van der Waals surface area contributed by atoms with Crippen LogP contribution in [0.25, 0.3) is 0 Å². The van der Waals surface area contributed by atoms with Crippen molar-refractivity contribution < 1.29 is 0 Å². The van der Waals surface area contributed by atoms with Crippen LogP contribution in [0, 0.1) is 0 Å². The maximum Gasteiger partial charge on any atom is 0.128 e. The van der Waals surface area contributed by atoms with Crippen molar-refractivity contribution in [1.82, 2.24) is 0 Å². The lowest BCUT2D eigenvalue weighted by Gasteiger charge is -2.31. The van der Waals surface area contributed by atoms with Gasteiger partial charge in [-0.25, -0.2) is 0 Å². The highest BCUT2D eigenvalue weighted by Gasteiger charge is 2.35. The smallest absolute Gasteiger partial charge is 0.0920 e. The lowest BCUT2D eigenvalue weighted by molar-refractivity contribution is 1.35. The number of benzene rings is 2. The van der Waals surface area contributed by atoms with Gasteiger partial charge >= 0.3 is 0 Å². The van der Waals surface area contributed by atoms with Gasteiger partial charge in [-0.1, -0.05) is 100 Å². The van der Waals surface area contributed by atoms with E-state index in [0.29, 0.717) is 4.45 Å². The van der Waals surface area contributed by atoms with Crippen LogP contribution in [0.5, 0.6) is 0 Å². The van der Waals surface area contributed by atoms with Crippen molar-refractivity contribution in [3.63, 3.8) is 0 Å². The van der Waals surface area contributed by atoms with E-state index in [2.05, 4.69) is 90.1 Å². The van der Waals surface area contributed by atoms with Crippen LogP contribution < -0.4 is 10.4 Å². The van der Waals surface area contributed by atoms with Crippen molar-refractivity contribution in [3.05, 3.63) is 60.7 Å². The molecular formula is C15H17BrSi. The Labute approximate surface area is 113 Å². The number of hydrogen-bond donors (Lipinski definition) is 0. The van der Waals surface area contributed by atoms with Gasteiger partial charge in [0.25, 0.3) is 0 Å². The maximum atomic E-state index is 3.83. The van der Waals surface area contributed by atoms with Crippen molar-refractivity contribution in [3.8, 4) is 0 Å². The molecule has 0 N–H and O–H groups in total. The summed E-state index contributed by atoms with van der Waals surface area (Å²) in [5.41, 5.74) is 0. The molecule has 2 rings (SSSR count). The van der Waals surface area contributed by atoms with Gasteiger partial charge in [-0.3, -0.25) is 0 Å². The van der Waals surface area contributed by atoms with Crippen LogP contribution >= 0.6 is 15.9 Å². The molecule has 2 aromatic carbocycles. The van der Waals surface area contributed by atoms with Gasteiger partial charge in [0.1, 0.15) is 8.07 Å². The summed E-state index contributed by atoms with van der Waals surface area (Å²) in [6, 6.07) is 21.8. The molecule has 0 saturated heterocycles. The lowest BCUT2D eigenvalue weighted by Crippen LogP contribution is -2.61. The summed E-state index contributed by atoms with van der Waals surface area (Å²) in [6.45, 7) is 4.70. The van der Waals surface area contributed by atoms with Crippen molar-refractivity contribution in [1.29, 1.82) is 0 Å². The summed E-state index contributed by atoms with van der Waals surface area (Å²) in [5, 5.41) is 2.96. The summed E-state index contributed by atoms with van der Waals surface area (Å²) in [7, 11) is -1.66. The first kappa shape index (κ1) is 12.6. The first-order valence-electron chi connectivity index (χ1n) is 5.91. The molecular weight excluding hydrogens is 288 g/mol. The van der Waals surface area contributed by atoms with E-state index in [1.807, 2.05) is 0 Å². The molecule has 0 bridgehead atoms. The SMILES string of the molecule is C[C@H](Br)[Si](C)(c1ccccc1)c1ccccc1. The van der Waals surface area contributed by atoms with Crippen LogP contribution in [0.2, 0.25) is 6.55 Å². The molecule has 0 saturated carbocycles. The third-order valence-electron chi connectivity index (χ3n) is 3.54.